The topological polar surface area (TPSA) is 106 Å². The maximum Gasteiger partial charge on any atom is 0.325 e. The number of hydrogen-bond acceptors (Lipinski definition) is 4. The Balaban J connectivity index is 1.82. The monoisotopic (exact) mass is 370 g/mol. The molecule has 1 aliphatic heterocycles. The molecule has 2 heterocycles. The van der Waals surface area contributed by atoms with Crippen LogP contribution in [0.5, 0.6) is 0 Å². The summed E-state index contributed by atoms with van der Waals surface area (Å²) in [5.74, 6) is -0.503. The normalized spacial score (nSPS) is 17.7. The molecule has 27 heavy (non-hydrogen) atoms. The quantitative estimate of drug-likeness (QED) is 0.827. The second kappa shape index (κ2) is 8.03. The molecule has 8 nitrogen and oxygen atoms in total. The summed E-state index contributed by atoms with van der Waals surface area (Å²) >= 11 is 0. The minimum absolute atomic E-state index is 0.0172. The van der Waals surface area contributed by atoms with E-state index in [1.807, 2.05) is 37.3 Å². The molecule has 142 valence electrons. The molecule has 2 N–H and O–H groups in total. The lowest BCUT2D eigenvalue weighted by Gasteiger charge is -2.31. The van der Waals surface area contributed by atoms with Crippen molar-refractivity contribution in [1.29, 1.82) is 0 Å². The van der Waals surface area contributed by atoms with Gasteiger partial charge in [-0.1, -0.05) is 37.3 Å². The van der Waals surface area contributed by atoms with Crippen LogP contribution in [0.3, 0.4) is 0 Å². The Hall–Kier alpha value is -3.16. The summed E-state index contributed by atoms with van der Waals surface area (Å²) in [5.41, 5.74) is -0.494. The van der Waals surface area contributed by atoms with E-state index in [0.717, 1.165) is 11.8 Å². The van der Waals surface area contributed by atoms with E-state index in [4.69, 9.17) is 0 Å². The number of benzene rings is 1. The summed E-state index contributed by atoms with van der Waals surface area (Å²) in [4.78, 5) is 56.2. The van der Waals surface area contributed by atoms with E-state index in [1.165, 1.54) is 4.90 Å². The number of nitrogens with one attached hydrogen (secondary N) is 2. The van der Waals surface area contributed by atoms with Crippen LogP contribution in [0.15, 0.2) is 46.1 Å². The van der Waals surface area contributed by atoms with Crippen LogP contribution in [-0.2, 0) is 11.3 Å². The first-order valence-corrected chi connectivity index (χ1v) is 8.94. The fraction of sp³-hybridized carbons (Fsp3) is 0.368. The first-order chi connectivity index (χ1) is 13.0. The number of carbonyl (C=O) groups is 2. The third-order valence-electron chi connectivity index (χ3n) is 4.79. The molecule has 0 spiro atoms. The first kappa shape index (κ1) is 18.6. The lowest BCUT2D eigenvalue weighted by atomic mass is 10.1. The molecule has 1 unspecified atom stereocenters. The molecule has 1 aromatic heterocycles. The Bertz CT molecular complexity index is 934. The Labute approximate surface area is 155 Å². The van der Waals surface area contributed by atoms with E-state index in [1.54, 1.807) is 4.90 Å². The van der Waals surface area contributed by atoms with Crippen LogP contribution in [0.1, 0.15) is 35.7 Å². The van der Waals surface area contributed by atoms with Gasteiger partial charge in [0.05, 0.1) is 0 Å². The molecule has 1 atom stereocenters. The molecule has 0 saturated carbocycles. The molecule has 1 aliphatic rings. The fourth-order valence-corrected chi connectivity index (χ4v) is 3.29. The number of hydrogen-bond donors (Lipinski definition) is 2. The summed E-state index contributed by atoms with van der Waals surface area (Å²) < 4.78 is 0. The molecular formula is C19H22N4O4. The van der Waals surface area contributed by atoms with Crippen molar-refractivity contribution in [2.45, 2.75) is 32.4 Å². The van der Waals surface area contributed by atoms with Crippen molar-refractivity contribution in [1.82, 2.24) is 19.8 Å². The number of H-pyrrole nitrogens is 2. The van der Waals surface area contributed by atoms with E-state index >= 15 is 0 Å². The first-order valence-electron chi connectivity index (χ1n) is 8.94. The lowest BCUT2D eigenvalue weighted by Crippen LogP contribution is -2.44. The highest BCUT2D eigenvalue weighted by atomic mass is 16.2. The Morgan fingerprint density at radius 1 is 1.19 bits per heavy atom. The summed E-state index contributed by atoms with van der Waals surface area (Å²) in [6.45, 7) is 3.03. The predicted molar refractivity (Wildman–Crippen MR) is 99.3 cm³/mol. The number of amides is 2. The second-order valence-electron chi connectivity index (χ2n) is 6.56. The molecule has 2 amide bonds. The van der Waals surface area contributed by atoms with Gasteiger partial charge in [0.15, 0.2) is 0 Å². The second-order valence-corrected chi connectivity index (χ2v) is 6.56. The zero-order chi connectivity index (χ0) is 19.4. The minimum Gasteiger partial charge on any atom is -0.336 e. The number of aromatic amines is 2. The molecule has 1 saturated heterocycles. The highest BCUT2D eigenvalue weighted by Gasteiger charge is 2.31. The minimum atomic E-state index is -0.728. The van der Waals surface area contributed by atoms with Gasteiger partial charge in [-0.3, -0.25) is 19.4 Å². The SMILES string of the molecule is CCC1CN(C(=O)c2c[nH]c(=O)[nH]c2=O)CCC(=O)N1Cc1ccccc1. The van der Waals surface area contributed by atoms with Gasteiger partial charge >= 0.3 is 5.69 Å². The number of carbonyl (C=O) groups excluding carboxylic acids is 2. The fourth-order valence-electron chi connectivity index (χ4n) is 3.29. The van der Waals surface area contributed by atoms with Gasteiger partial charge in [0.2, 0.25) is 5.91 Å². The van der Waals surface area contributed by atoms with Crippen molar-refractivity contribution < 1.29 is 9.59 Å². The van der Waals surface area contributed by atoms with Crippen molar-refractivity contribution in [3.8, 4) is 0 Å². The summed E-state index contributed by atoms with van der Waals surface area (Å²) in [7, 11) is 0. The van der Waals surface area contributed by atoms with E-state index in [9.17, 15) is 19.2 Å². The Morgan fingerprint density at radius 2 is 1.93 bits per heavy atom. The van der Waals surface area contributed by atoms with E-state index in [2.05, 4.69) is 9.97 Å². The van der Waals surface area contributed by atoms with E-state index in [0.29, 0.717) is 19.5 Å². The van der Waals surface area contributed by atoms with Crippen LogP contribution in [0.25, 0.3) is 0 Å². The molecule has 0 bridgehead atoms. The average molecular weight is 370 g/mol. The van der Waals surface area contributed by atoms with Gasteiger partial charge in [0.25, 0.3) is 11.5 Å². The molecular weight excluding hydrogens is 348 g/mol. The highest BCUT2D eigenvalue weighted by Crippen LogP contribution is 2.18. The van der Waals surface area contributed by atoms with Crippen LogP contribution < -0.4 is 11.2 Å². The molecule has 1 aromatic carbocycles. The van der Waals surface area contributed by atoms with Crippen LogP contribution >= 0.6 is 0 Å². The lowest BCUT2D eigenvalue weighted by molar-refractivity contribution is -0.133. The maximum atomic E-state index is 12.8. The van der Waals surface area contributed by atoms with Crippen LogP contribution in [0.4, 0.5) is 0 Å². The van der Waals surface area contributed by atoms with E-state index in [-0.39, 0.29) is 30.5 Å². The van der Waals surface area contributed by atoms with Crippen molar-refractivity contribution in [3.63, 3.8) is 0 Å². The van der Waals surface area contributed by atoms with Gasteiger partial charge in [-0.2, -0.15) is 0 Å². The number of aromatic nitrogens is 2. The average Bonchev–Trinajstić information content (AvgIpc) is 2.82. The molecule has 0 radical (unpaired) electrons. The van der Waals surface area contributed by atoms with Gasteiger partial charge in [-0.15, -0.1) is 0 Å². The van der Waals surface area contributed by atoms with Crippen molar-refractivity contribution in [2.75, 3.05) is 13.1 Å². The molecule has 0 aliphatic carbocycles. The number of nitrogens with zero attached hydrogens (tertiary/aromatic N) is 2. The van der Waals surface area contributed by atoms with Gasteiger partial charge < -0.3 is 14.8 Å². The molecule has 3 rings (SSSR count). The largest absolute Gasteiger partial charge is 0.336 e. The Kier molecular flexibility index (Phi) is 5.54. The smallest absolute Gasteiger partial charge is 0.325 e. The Morgan fingerprint density at radius 3 is 2.59 bits per heavy atom. The summed E-state index contributed by atoms with van der Waals surface area (Å²) in [6, 6.07) is 9.56. The summed E-state index contributed by atoms with van der Waals surface area (Å²) in [6.07, 6.45) is 2.00. The third-order valence-corrected chi connectivity index (χ3v) is 4.79. The number of rotatable bonds is 4. The van der Waals surface area contributed by atoms with Crippen LogP contribution in [0, 0.1) is 0 Å². The maximum absolute atomic E-state index is 12.8. The molecule has 8 heteroatoms. The van der Waals surface area contributed by atoms with Crippen molar-refractivity contribution in [2.24, 2.45) is 0 Å². The zero-order valence-corrected chi connectivity index (χ0v) is 15.1. The van der Waals surface area contributed by atoms with Gasteiger partial charge in [0.1, 0.15) is 5.56 Å². The predicted octanol–water partition coefficient (Wildman–Crippen LogP) is 0.717. The van der Waals surface area contributed by atoms with E-state index < -0.39 is 17.2 Å². The third kappa shape index (κ3) is 4.16. The zero-order valence-electron chi connectivity index (χ0n) is 15.1. The van der Waals surface area contributed by atoms with Crippen molar-refractivity contribution >= 4 is 11.8 Å². The van der Waals surface area contributed by atoms with Crippen LogP contribution in [-0.4, -0.2) is 50.7 Å². The van der Waals surface area contributed by atoms with Crippen LogP contribution in [0.2, 0.25) is 0 Å². The van der Waals surface area contributed by atoms with Gasteiger partial charge in [-0.05, 0) is 12.0 Å². The van der Waals surface area contributed by atoms with Gasteiger partial charge in [0, 0.05) is 38.3 Å². The van der Waals surface area contributed by atoms with Gasteiger partial charge in [-0.25, -0.2) is 4.79 Å². The van der Waals surface area contributed by atoms with Crippen molar-refractivity contribution in [3.05, 3.63) is 68.5 Å². The standard InChI is InChI=1S/C19H22N4O4/c1-2-14-12-22(18(26)15-10-20-19(27)21-17(15)25)9-8-16(24)23(14)11-13-6-4-3-5-7-13/h3-7,10,14H,2,8-9,11-12H2,1H3,(H2,20,21,25,27). The molecule has 2 aromatic rings. The highest BCUT2D eigenvalue weighted by molar-refractivity contribution is 5.94. The molecule has 1 fully saturated rings. The summed E-state index contributed by atoms with van der Waals surface area (Å²) in [5, 5.41) is 0.